The second-order valence-electron chi connectivity index (χ2n) is 8.47. The van der Waals surface area contributed by atoms with Gasteiger partial charge in [-0.25, -0.2) is 0 Å². The Kier molecular flexibility index (Phi) is 9.66. The molecule has 10 heteroatoms. The van der Waals surface area contributed by atoms with Gasteiger partial charge in [-0.15, -0.1) is 11.8 Å². The fourth-order valence-electron chi connectivity index (χ4n) is 3.52. The molecule has 204 valence electrons. The molecule has 1 heterocycles. The van der Waals surface area contributed by atoms with Crippen molar-refractivity contribution in [3.05, 3.63) is 113 Å². The number of furan rings is 1. The largest absolute Gasteiger partial charge is 0.495 e. The molecule has 8 nitrogen and oxygen atoms in total. The molecule has 0 aliphatic heterocycles. The molecule has 1 atom stereocenters. The van der Waals surface area contributed by atoms with Crippen molar-refractivity contribution < 1.29 is 23.5 Å². The Balaban J connectivity index is 1.38. The van der Waals surface area contributed by atoms with E-state index < -0.39 is 17.1 Å². The van der Waals surface area contributed by atoms with Crippen molar-refractivity contribution in [3.63, 3.8) is 0 Å². The number of nitrogens with one attached hydrogen (secondary N) is 3. The third-order valence-corrected chi connectivity index (χ3v) is 6.98. The SMILES string of the molecule is COc1ccc(NC(=O)C(C)Sc2ccc(NC(=O)/C(=C/c3ccco3)NC(=O)c3ccccc3)cc2)cc1Cl. The third kappa shape index (κ3) is 7.78. The third-order valence-electron chi connectivity index (χ3n) is 5.57. The van der Waals surface area contributed by atoms with Crippen molar-refractivity contribution in [3.8, 4) is 5.75 Å². The number of hydrogen-bond acceptors (Lipinski definition) is 6. The van der Waals surface area contributed by atoms with Gasteiger partial charge in [-0.05, 0) is 73.7 Å². The quantitative estimate of drug-likeness (QED) is 0.148. The first kappa shape index (κ1) is 28.5. The normalized spacial score (nSPS) is 11.8. The first-order valence-electron chi connectivity index (χ1n) is 12.2. The predicted octanol–water partition coefficient (Wildman–Crippen LogP) is 6.47. The molecule has 0 spiro atoms. The summed E-state index contributed by atoms with van der Waals surface area (Å²) in [6, 6.07) is 24.0. The molecule has 1 aromatic heterocycles. The van der Waals surface area contributed by atoms with Crippen LogP contribution in [0.5, 0.6) is 5.75 Å². The Labute approximate surface area is 240 Å². The average molecular weight is 576 g/mol. The fourth-order valence-corrected chi connectivity index (χ4v) is 4.64. The molecule has 0 fully saturated rings. The molecule has 4 rings (SSSR count). The molecule has 3 amide bonds. The van der Waals surface area contributed by atoms with E-state index in [9.17, 15) is 14.4 Å². The standard InChI is InChI=1S/C30H26ClN3O5S/c1-19(28(35)33-22-12-15-27(38-2)25(31)17-22)40-24-13-10-21(11-14-24)32-30(37)26(18-23-9-6-16-39-23)34-29(36)20-7-4-3-5-8-20/h3-19H,1-2H3,(H,32,37)(H,33,35)(H,34,36)/b26-18-. The summed E-state index contributed by atoms with van der Waals surface area (Å²) in [5, 5.41) is 8.29. The zero-order chi connectivity index (χ0) is 28.5. The van der Waals surface area contributed by atoms with Gasteiger partial charge in [-0.2, -0.15) is 0 Å². The van der Waals surface area contributed by atoms with Crippen LogP contribution >= 0.6 is 23.4 Å². The predicted molar refractivity (Wildman–Crippen MR) is 158 cm³/mol. The molecule has 0 aliphatic carbocycles. The van der Waals surface area contributed by atoms with E-state index in [1.807, 2.05) is 0 Å². The Morgan fingerprint density at radius 2 is 1.65 bits per heavy atom. The zero-order valence-corrected chi connectivity index (χ0v) is 23.2. The van der Waals surface area contributed by atoms with Gasteiger partial charge in [0.2, 0.25) is 5.91 Å². The van der Waals surface area contributed by atoms with E-state index in [0.717, 1.165) is 4.90 Å². The minimum Gasteiger partial charge on any atom is -0.495 e. The zero-order valence-electron chi connectivity index (χ0n) is 21.6. The molecule has 0 bridgehead atoms. The van der Waals surface area contributed by atoms with Crippen LogP contribution in [0.15, 0.2) is 106 Å². The minimum absolute atomic E-state index is 0.0196. The van der Waals surface area contributed by atoms with Crippen LogP contribution in [-0.2, 0) is 9.59 Å². The van der Waals surface area contributed by atoms with Crippen molar-refractivity contribution >= 4 is 58.5 Å². The van der Waals surface area contributed by atoms with E-state index in [1.54, 1.807) is 91.9 Å². The molecular formula is C30H26ClN3O5S. The van der Waals surface area contributed by atoms with E-state index in [0.29, 0.717) is 33.5 Å². The highest BCUT2D eigenvalue weighted by atomic mass is 35.5. The van der Waals surface area contributed by atoms with E-state index in [4.69, 9.17) is 20.8 Å². The van der Waals surface area contributed by atoms with Crippen LogP contribution in [0.25, 0.3) is 6.08 Å². The van der Waals surface area contributed by atoms with Gasteiger partial charge >= 0.3 is 0 Å². The van der Waals surface area contributed by atoms with Gasteiger partial charge in [-0.3, -0.25) is 14.4 Å². The van der Waals surface area contributed by atoms with Gasteiger partial charge < -0.3 is 25.1 Å². The van der Waals surface area contributed by atoms with Gasteiger partial charge in [0.05, 0.1) is 23.6 Å². The number of thioether (sulfide) groups is 1. The van der Waals surface area contributed by atoms with Gasteiger partial charge in [-0.1, -0.05) is 29.8 Å². The van der Waals surface area contributed by atoms with Crippen molar-refractivity contribution in [2.45, 2.75) is 17.1 Å². The Hall–Kier alpha value is -4.47. The molecule has 3 aromatic carbocycles. The van der Waals surface area contributed by atoms with Crippen LogP contribution in [0.4, 0.5) is 11.4 Å². The second-order valence-corrected chi connectivity index (χ2v) is 10.3. The van der Waals surface area contributed by atoms with Gasteiger partial charge in [0, 0.05) is 27.9 Å². The van der Waals surface area contributed by atoms with E-state index >= 15 is 0 Å². The highest BCUT2D eigenvalue weighted by molar-refractivity contribution is 8.00. The van der Waals surface area contributed by atoms with Gasteiger partial charge in [0.25, 0.3) is 11.8 Å². The lowest BCUT2D eigenvalue weighted by atomic mass is 10.2. The summed E-state index contributed by atoms with van der Waals surface area (Å²) in [7, 11) is 1.52. The average Bonchev–Trinajstić information content (AvgIpc) is 3.47. The number of carbonyl (C=O) groups excluding carboxylic acids is 3. The molecule has 0 saturated heterocycles. The molecule has 4 aromatic rings. The number of amides is 3. The number of anilines is 2. The second kappa shape index (κ2) is 13.5. The van der Waals surface area contributed by atoms with Crippen LogP contribution in [-0.4, -0.2) is 30.1 Å². The lowest BCUT2D eigenvalue weighted by Crippen LogP contribution is -2.30. The van der Waals surface area contributed by atoms with Gasteiger partial charge in [0.1, 0.15) is 17.2 Å². The Bertz CT molecular complexity index is 1510. The number of benzene rings is 3. The summed E-state index contributed by atoms with van der Waals surface area (Å²) < 4.78 is 10.5. The number of methoxy groups -OCH3 is 1. The molecule has 3 N–H and O–H groups in total. The summed E-state index contributed by atoms with van der Waals surface area (Å²) in [6.45, 7) is 1.79. The van der Waals surface area contributed by atoms with Crippen molar-refractivity contribution in [1.29, 1.82) is 0 Å². The van der Waals surface area contributed by atoms with Crippen LogP contribution in [0, 0.1) is 0 Å². The van der Waals surface area contributed by atoms with Crippen molar-refractivity contribution in [2.75, 3.05) is 17.7 Å². The topological polar surface area (TPSA) is 110 Å². The van der Waals surface area contributed by atoms with Crippen LogP contribution in [0.2, 0.25) is 5.02 Å². The lowest BCUT2D eigenvalue weighted by molar-refractivity contribution is -0.115. The maximum Gasteiger partial charge on any atom is 0.272 e. The maximum absolute atomic E-state index is 13.1. The Morgan fingerprint density at radius 1 is 0.925 bits per heavy atom. The number of halogens is 1. The monoisotopic (exact) mass is 575 g/mol. The smallest absolute Gasteiger partial charge is 0.272 e. The van der Waals surface area contributed by atoms with Gasteiger partial charge in [0.15, 0.2) is 0 Å². The molecule has 40 heavy (non-hydrogen) atoms. The summed E-state index contributed by atoms with van der Waals surface area (Å²) in [6.07, 6.45) is 2.93. The Morgan fingerprint density at radius 3 is 2.30 bits per heavy atom. The van der Waals surface area contributed by atoms with E-state index in [-0.39, 0.29) is 11.6 Å². The van der Waals surface area contributed by atoms with Crippen molar-refractivity contribution in [2.24, 2.45) is 0 Å². The summed E-state index contributed by atoms with van der Waals surface area (Å²) >= 11 is 7.50. The summed E-state index contributed by atoms with van der Waals surface area (Å²) in [4.78, 5) is 39.3. The molecule has 0 aliphatic rings. The van der Waals surface area contributed by atoms with Crippen LogP contribution < -0.4 is 20.7 Å². The van der Waals surface area contributed by atoms with Crippen molar-refractivity contribution in [1.82, 2.24) is 5.32 Å². The number of ether oxygens (including phenoxy) is 1. The summed E-state index contributed by atoms with van der Waals surface area (Å²) in [5.41, 5.74) is 1.51. The fraction of sp³-hybridized carbons (Fsp3) is 0.100. The molecule has 1 unspecified atom stereocenters. The number of rotatable bonds is 10. The highest BCUT2D eigenvalue weighted by Gasteiger charge is 2.17. The minimum atomic E-state index is -0.521. The highest BCUT2D eigenvalue weighted by Crippen LogP contribution is 2.29. The first-order chi connectivity index (χ1) is 19.3. The molecule has 0 radical (unpaired) electrons. The van der Waals surface area contributed by atoms with Crippen LogP contribution in [0.1, 0.15) is 23.0 Å². The lowest BCUT2D eigenvalue weighted by Gasteiger charge is -2.14. The van der Waals surface area contributed by atoms with Crippen LogP contribution in [0.3, 0.4) is 0 Å². The number of carbonyl (C=O) groups is 3. The van der Waals surface area contributed by atoms with E-state index in [2.05, 4.69) is 16.0 Å². The molecule has 0 saturated carbocycles. The maximum atomic E-state index is 13.1. The first-order valence-corrected chi connectivity index (χ1v) is 13.4. The van der Waals surface area contributed by atoms with E-state index in [1.165, 1.54) is 31.2 Å². The number of hydrogen-bond donors (Lipinski definition) is 3. The summed E-state index contributed by atoms with van der Waals surface area (Å²) in [5.74, 6) is -0.201. The molecular weight excluding hydrogens is 550 g/mol.